The lowest BCUT2D eigenvalue weighted by molar-refractivity contribution is -0.121. The number of hydrogen-bond donors (Lipinski definition) is 2. The number of thioether (sulfide) groups is 1. The molecule has 0 aromatic carbocycles. The van der Waals surface area contributed by atoms with E-state index in [-0.39, 0.29) is 16.7 Å². The number of aromatic nitrogens is 2. The Morgan fingerprint density at radius 3 is 2.68 bits per heavy atom. The highest BCUT2D eigenvalue weighted by Crippen LogP contribution is 2.29. The topological polar surface area (TPSA) is 66.9 Å². The smallest absolute Gasteiger partial charge is 0.233 e. The van der Waals surface area contributed by atoms with Crippen molar-refractivity contribution in [1.29, 1.82) is 0 Å². The van der Waals surface area contributed by atoms with Gasteiger partial charge < -0.3 is 10.6 Å². The van der Waals surface area contributed by atoms with Crippen molar-refractivity contribution in [1.82, 2.24) is 15.5 Å². The van der Waals surface area contributed by atoms with Crippen molar-refractivity contribution in [3.63, 3.8) is 0 Å². The van der Waals surface area contributed by atoms with Crippen molar-refractivity contribution >= 4 is 34.1 Å². The number of hydrogen-bond acceptors (Lipinski definition) is 6. The first-order valence-corrected chi connectivity index (χ1v) is 8.07. The minimum Gasteiger partial charge on any atom is -0.360 e. The first kappa shape index (κ1) is 16.2. The van der Waals surface area contributed by atoms with E-state index in [1.807, 2.05) is 27.7 Å². The minimum atomic E-state index is -0.207. The Morgan fingerprint density at radius 2 is 2.11 bits per heavy atom. The summed E-state index contributed by atoms with van der Waals surface area (Å²) in [6.45, 7) is 10.8. The normalized spacial score (nSPS) is 13.1. The van der Waals surface area contributed by atoms with Crippen LogP contribution in [-0.4, -0.2) is 33.4 Å². The molecule has 0 spiro atoms. The van der Waals surface area contributed by atoms with Gasteiger partial charge in [-0.3, -0.25) is 4.79 Å². The summed E-state index contributed by atoms with van der Waals surface area (Å²) < 4.78 is 0.815. The highest BCUT2D eigenvalue weighted by Gasteiger charge is 2.21. The molecule has 0 aliphatic heterocycles. The molecule has 0 aliphatic carbocycles. The van der Waals surface area contributed by atoms with Crippen molar-refractivity contribution in [2.75, 3.05) is 11.9 Å². The molecule has 0 fully saturated rings. The second-order valence-electron chi connectivity index (χ2n) is 5.30. The van der Waals surface area contributed by atoms with Crippen LogP contribution in [0.1, 0.15) is 41.0 Å². The molecule has 108 valence electrons. The Hall–Kier alpha value is -0.820. The molecule has 1 aromatic rings. The van der Waals surface area contributed by atoms with E-state index in [1.165, 1.54) is 23.1 Å². The van der Waals surface area contributed by atoms with Gasteiger partial charge in [0.25, 0.3) is 0 Å². The van der Waals surface area contributed by atoms with Crippen LogP contribution in [0.4, 0.5) is 5.13 Å². The Labute approximate surface area is 123 Å². The van der Waals surface area contributed by atoms with E-state index in [4.69, 9.17) is 0 Å². The van der Waals surface area contributed by atoms with Crippen molar-refractivity contribution in [3.05, 3.63) is 0 Å². The molecule has 0 saturated carbocycles. The molecule has 1 aromatic heterocycles. The molecule has 1 atom stereocenters. The SMILES string of the molecule is CCCNc1nnc(SC(C)C(=O)NC(C)(C)C)s1. The van der Waals surface area contributed by atoms with Gasteiger partial charge in [0, 0.05) is 12.1 Å². The van der Waals surface area contributed by atoms with Crippen LogP contribution in [0.15, 0.2) is 4.34 Å². The summed E-state index contributed by atoms with van der Waals surface area (Å²) in [5, 5.41) is 14.9. The van der Waals surface area contributed by atoms with E-state index in [0.29, 0.717) is 0 Å². The summed E-state index contributed by atoms with van der Waals surface area (Å²) in [5.74, 6) is 0.0239. The summed E-state index contributed by atoms with van der Waals surface area (Å²) in [7, 11) is 0. The minimum absolute atomic E-state index is 0.0239. The number of nitrogens with zero attached hydrogens (tertiary/aromatic N) is 2. The van der Waals surface area contributed by atoms with Crippen LogP contribution in [0.3, 0.4) is 0 Å². The van der Waals surface area contributed by atoms with E-state index in [1.54, 1.807) is 0 Å². The van der Waals surface area contributed by atoms with E-state index < -0.39 is 0 Å². The average Bonchev–Trinajstić information content (AvgIpc) is 2.71. The quantitative estimate of drug-likeness (QED) is 0.791. The van der Waals surface area contributed by atoms with Crippen LogP contribution < -0.4 is 10.6 Å². The van der Waals surface area contributed by atoms with Crippen LogP contribution in [-0.2, 0) is 4.79 Å². The molecule has 1 unspecified atom stereocenters. The zero-order chi connectivity index (χ0) is 14.5. The van der Waals surface area contributed by atoms with Gasteiger partial charge in [0.05, 0.1) is 5.25 Å². The molecule has 1 amide bonds. The van der Waals surface area contributed by atoms with E-state index in [2.05, 4.69) is 27.8 Å². The van der Waals surface area contributed by atoms with Gasteiger partial charge in [0.15, 0.2) is 4.34 Å². The zero-order valence-corrected chi connectivity index (χ0v) is 13.7. The lowest BCUT2D eigenvalue weighted by atomic mass is 10.1. The van der Waals surface area contributed by atoms with E-state index >= 15 is 0 Å². The van der Waals surface area contributed by atoms with Crippen molar-refractivity contribution < 1.29 is 4.79 Å². The summed E-state index contributed by atoms with van der Waals surface area (Å²) in [6, 6.07) is 0. The van der Waals surface area contributed by atoms with Crippen molar-refractivity contribution in [2.45, 2.75) is 56.2 Å². The predicted molar refractivity (Wildman–Crippen MR) is 81.9 cm³/mol. The second-order valence-corrected chi connectivity index (χ2v) is 7.86. The molecule has 2 N–H and O–H groups in total. The molecule has 5 nitrogen and oxygen atoms in total. The number of amides is 1. The lowest BCUT2D eigenvalue weighted by Gasteiger charge is -2.22. The monoisotopic (exact) mass is 302 g/mol. The first-order chi connectivity index (χ1) is 8.81. The Kier molecular flexibility index (Phi) is 6.06. The Balaban J connectivity index is 2.49. The van der Waals surface area contributed by atoms with Crippen LogP contribution in [0.2, 0.25) is 0 Å². The fraction of sp³-hybridized carbons (Fsp3) is 0.750. The zero-order valence-electron chi connectivity index (χ0n) is 12.1. The van der Waals surface area contributed by atoms with Gasteiger partial charge in [-0.15, -0.1) is 10.2 Å². The number of nitrogens with one attached hydrogen (secondary N) is 2. The molecule has 1 heterocycles. The van der Waals surface area contributed by atoms with Crippen molar-refractivity contribution in [3.8, 4) is 0 Å². The van der Waals surface area contributed by atoms with Crippen LogP contribution in [0.25, 0.3) is 0 Å². The summed E-state index contributed by atoms with van der Waals surface area (Å²) in [4.78, 5) is 12.0. The van der Waals surface area contributed by atoms with Crippen molar-refractivity contribution in [2.24, 2.45) is 0 Å². The molecule has 0 aliphatic rings. The molecular formula is C12H22N4OS2. The number of anilines is 1. The van der Waals surface area contributed by atoms with Gasteiger partial charge in [-0.1, -0.05) is 30.0 Å². The first-order valence-electron chi connectivity index (χ1n) is 6.38. The molecule has 1 rings (SSSR count). The second kappa shape index (κ2) is 7.09. The third-order valence-electron chi connectivity index (χ3n) is 2.08. The predicted octanol–water partition coefficient (Wildman–Crippen LogP) is 2.76. The number of carbonyl (C=O) groups is 1. The third-order valence-corrected chi connectivity index (χ3v) is 4.14. The van der Waals surface area contributed by atoms with Gasteiger partial charge in [0.1, 0.15) is 0 Å². The fourth-order valence-electron chi connectivity index (χ4n) is 1.24. The fourth-order valence-corrected chi connectivity index (χ4v) is 3.16. The lowest BCUT2D eigenvalue weighted by Crippen LogP contribution is -2.44. The van der Waals surface area contributed by atoms with E-state index in [9.17, 15) is 4.79 Å². The average molecular weight is 302 g/mol. The van der Waals surface area contributed by atoms with Crippen LogP contribution in [0.5, 0.6) is 0 Å². The maximum absolute atomic E-state index is 12.0. The molecule has 0 bridgehead atoms. The molecule has 19 heavy (non-hydrogen) atoms. The van der Waals surface area contributed by atoms with Crippen LogP contribution >= 0.6 is 23.1 Å². The van der Waals surface area contributed by atoms with Gasteiger partial charge in [0.2, 0.25) is 11.0 Å². The molecule has 0 radical (unpaired) electrons. The van der Waals surface area contributed by atoms with Gasteiger partial charge in [-0.2, -0.15) is 0 Å². The molecule has 0 saturated heterocycles. The maximum Gasteiger partial charge on any atom is 0.233 e. The largest absolute Gasteiger partial charge is 0.360 e. The Morgan fingerprint density at radius 1 is 1.42 bits per heavy atom. The highest BCUT2D eigenvalue weighted by molar-refractivity contribution is 8.02. The summed E-state index contributed by atoms with van der Waals surface area (Å²) in [5.41, 5.74) is -0.207. The van der Waals surface area contributed by atoms with Crippen LogP contribution in [0, 0.1) is 0 Å². The van der Waals surface area contributed by atoms with Gasteiger partial charge >= 0.3 is 0 Å². The number of carbonyl (C=O) groups excluding carboxylic acids is 1. The Bertz CT molecular complexity index is 414. The molecule has 7 heteroatoms. The summed E-state index contributed by atoms with van der Waals surface area (Å²) in [6.07, 6.45) is 1.05. The van der Waals surface area contributed by atoms with E-state index in [0.717, 1.165) is 22.4 Å². The maximum atomic E-state index is 12.0. The standard InChI is InChI=1S/C12H22N4OS2/c1-6-7-13-10-15-16-11(19-10)18-8(2)9(17)14-12(3,4)5/h8H,6-7H2,1-5H3,(H,13,15)(H,14,17). The van der Waals surface area contributed by atoms with Gasteiger partial charge in [-0.25, -0.2) is 0 Å². The van der Waals surface area contributed by atoms with Gasteiger partial charge in [-0.05, 0) is 34.1 Å². The number of rotatable bonds is 6. The highest BCUT2D eigenvalue weighted by atomic mass is 32.2. The summed E-state index contributed by atoms with van der Waals surface area (Å²) >= 11 is 2.93. The molecular weight excluding hydrogens is 280 g/mol. The third kappa shape index (κ3) is 6.24.